The molecule has 3 fully saturated rings. The number of nitrogens with one attached hydrogen (secondary N) is 2. The van der Waals surface area contributed by atoms with Gasteiger partial charge in [-0.15, -0.1) is 0 Å². The van der Waals surface area contributed by atoms with Crippen molar-refractivity contribution in [3.05, 3.63) is 29.4 Å². The van der Waals surface area contributed by atoms with Gasteiger partial charge in [-0.3, -0.25) is 0 Å². The van der Waals surface area contributed by atoms with Crippen LogP contribution < -0.4 is 19.9 Å². The number of piperazine rings is 1. The number of morpholine rings is 1. The van der Waals surface area contributed by atoms with Gasteiger partial charge < -0.3 is 29.6 Å². The zero-order chi connectivity index (χ0) is 20.9. The second kappa shape index (κ2) is 7.55. The van der Waals surface area contributed by atoms with E-state index in [1.54, 1.807) is 13.3 Å². The van der Waals surface area contributed by atoms with Crippen LogP contribution >= 0.6 is 11.6 Å². The lowest BCUT2D eigenvalue weighted by Gasteiger charge is -2.30. The summed E-state index contributed by atoms with van der Waals surface area (Å²) in [6, 6.07) is 7.22. The predicted molar refractivity (Wildman–Crippen MR) is 121 cm³/mol. The summed E-state index contributed by atoms with van der Waals surface area (Å²) in [6.07, 6.45) is 2.87. The maximum absolute atomic E-state index is 6.62. The number of fused-ring (bicyclic) bond motifs is 3. The predicted octanol–water partition coefficient (Wildman–Crippen LogP) is 2.67. The molecule has 8 nitrogen and oxygen atoms in total. The van der Waals surface area contributed by atoms with E-state index in [2.05, 4.69) is 43.3 Å². The first kappa shape index (κ1) is 19.2. The Morgan fingerprint density at radius 2 is 2.13 bits per heavy atom. The third kappa shape index (κ3) is 3.21. The average Bonchev–Trinajstić information content (AvgIpc) is 3.55. The van der Waals surface area contributed by atoms with Gasteiger partial charge in [-0.05, 0) is 18.6 Å². The highest BCUT2D eigenvalue weighted by molar-refractivity contribution is 6.34. The fourth-order valence-electron chi connectivity index (χ4n) is 5.05. The van der Waals surface area contributed by atoms with Crippen molar-refractivity contribution >= 4 is 34.1 Å². The number of methoxy groups -OCH3 is 1. The summed E-state index contributed by atoms with van der Waals surface area (Å²) >= 11 is 6.62. The van der Waals surface area contributed by atoms with Gasteiger partial charge in [0.05, 0.1) is 42.8 Å². The highest BCUT2D eigenvalue weighted by atomic mass is 35.5. The molecule has 0 radical (unpaired) electrons. The summed E-state index contributed by atoms with van der Waals surface area (Å²) < 4.78 is 11.2. The molecule has 3 aromatic rings. The van der Waals surface area contributed by atoms with E-state index in [0.29, 0.717) is 17.1 Å². The normalized spacial score (nSPS) is 23.2. The standard InChI is InChI=1S/C22H25ClN6O2/c1-30-18-9-14(28-4-6-31-7-5-28)2-3-16(18)21-26-19-20(17(23)11-25-22(19)27-21)29-12-13-8-15(29)10-24-13/h2-3,9,11,13,15,24H,4-8,10,12H2,1H3,(H,25,26,27)/t13-,15-/m0/s1. The molecule has 3 aliphatic rings. The summed E-state index contributed by atoms with van der Waals surface area (Å²) in [5.41, 5.74) is 4.57. The first-order chi connectivity index (χ1) is 15.2. The maximum atomic E-state index is 6.62. The number of rotatable bonds is 4. The molecule has 5 heterocycles. The molecule has 9 heteroatoms. The number of halogens is 1. The molecule has 0 spiro atoms. The van der Waals surface area contributed by atoms with Gasteiger partial charge in [0, 0.05) is 50.0 Å². The molecule has 0 aliphatic carbocycles. The molecule has 0 unspecified atom stereocenters. The molecule has 2 atom stereocenters. The Bertz CT molecular complexity index is 1130. The molecule has 3 saturated heterocycles. The average molecular weight is 441 g/mol. The summed E-state index contributed by atoms with van der Waals surface area (Å²) in [5, 5.41) is 4.19. The molecule has 31 heavy (non-hydrogen) atoms. The number of ether oxygens (including phenoxy) is 2. The fraction of sp³-hybridized carbons (Fsp3) is 0.455. The minimum absolute atomic E-state index is 0.454. The quantitative estimate of drug-likeness (QED) is 0.645. The van der Waals surface area contributed by atoms with Crippen molar-refractivity contribution in [3.63, 3.8) is 0 Å². The first-order valence-corrected chi connectivity index (χ1v) is 11.1. The third-order valence-corrected chi connectivity index (χ3v) is 6.88. The van der Waals surface area contributed by atoms with Gasteiger partial charge in [0.2, 0.25) is 0 Å². The van der Waals surface area contributed by atoms with E-state index in [1.807, 2.05) is 0 Å². The number of aromatic nitrogens is 3. The number of imidazole rings is 1. The maximum Gasteiger partial charge on any atom is 0.159 e. The number of nitrogens with zero attached hydrogens (tertiary/aromatic N) is 4. The van der Waals surface area contributed by atoms with Gasteiger partial charge in [-0.1, -0.05) is 11.6 Å². The van der Waals surface area contributed by atoms with Gasteiger partial charge in [0.15, 0.2) is 5.65 Å². The van der Waals surface area contributed by atoms with Crippen LogP contribution in [0.1, 0.15) is 6.42 Å². The number of hydrogen-bond acceptors (Lipinski definition) is 7. The van der Waals surface area contributed by atoms with Crippen molar-refractivity contribution in [1.29, 1.82) is 0 Å². The monoisotopic (exact) mass is 440 g/mol. The van der Waals surface area contributed by atoms with Gasteiger partial charge in [-0.2, -0.15) is 0 Å². The number of pyridine rings is 1. The Morgan fingerprint density at radius 3 is 2.87 bits per heavy atom. The van der Waals surface area contributed by atoms with Gasteiger partial charge in [0.25, 0.3) is 0 Å². The van der Waals surface area contributed by atoms with Gasteiger partial charge >= 0.3 is 0 Å². The molecule has 2 aromatic heterocycles. The van der Waals surface area contributed by atoms with Crippen LogP contribution in [0.4, 0.5) is 11.4 Å². The second-order valence-corrected chi connectivity index (χ2v) is 8.78. The Balaban J connectivity index is 1.40. The van der Waals surface area contributed by atoms with E-state index in [1.165, 1.54) is 0 Å². The molecule has 0 amide bonds. The molecule has 3 aliphatic heterocycles. The van der Waals surface area contributed by atoms with E-state index >= 15 is 0 Å². The van der Waals surface area contributed by atoms with E-state index in [4.69, 9.17) is 26.1 Å². The van der Waals surface area contributed by atoms with Crippen LogP contribution in [0, 0.1) is 0 Å². The van der Waals surface area contributed by atoms with Crippen LogP contribution in [0.2, 0.25) is 5.02 Å². The summed E-state index contributed by atoms with van der Waals surface area (Å²) in [7, 11) is 1.69. The van der Waals surface area contributed by atoms with Crippen LogP contribution in [0.3, 0.4) is 0 Å². The minimum Gasteiger partial charge on any atom is -0.496 e. The highest BCUT2D eigenvalue weighted by Crippen LogP contribution is 2.40. The van der Waals surface area contributed by atoms with E-state index < -0.39 is 0 Å². The lowest BCUT2D eigenvalue weighted by atomic mass is 10.1. The number of hydrogen-bond donors (Lipinski definition) is 2. The summed E-state index contributed by atoms with van der Waals surface area (Å²) in [4.78, 5) is 17.5. The molecule has 162 valence electrons. The smallest absolute Gasteiger partial charge is 0.159 e. The first-order valence-electron chi connectivity index (χ1n) is 10.8. The Labute approximate surface area is 185 Å². The summed E-state index contributed by atoms with van der Waals surface area (Å²) in [5.74, 6) is 1.51. The molecule has 2 N–H and O–H groups in total. The Hall–Kier alpha value is -2.55. The lowest BCUT2D eigenvalue weighted by Crippen LogP contribution is -2.43. The minimum atomic E-state index is 0.454. The molecular formula is C22H25ClN6O2. The summed E-state index contributed by atoms with van der Waals surface area (Å²) in [6.45, 7) is 5.19. The van der Waals surface area contributed by atoms with Crippen molar-refractivity contribution in [2.75, 3.05) is 56.3 Å². The Morgan fingerprint density at radius 1 is 1.26 bits per heavy atom. The lowest BCUT2D eigenvalue weighted by molar-refractivity contribution is 0.122. The highest BCUT2D eigenvalue weighted by Gasteiger charge is 2.39. The van der Waals surface area contributed by atoms with Crippen molar-refractivity contribution < 1.29 is 9.47 Å². The van der Waals surface area contributed by atoms with Crippen molar-refractivity contribution in [2.24, 2.45) is 0 Å². The number of H-pyrrole nitrogens is 1. The molecule has 6 rings (SSSR count). The second-order valence-electron chi connectivity index (χ2n) is 8.37. The Kier molecular flexibility index (Phi) is 4.66. The molecular weight excluding hydrogens is 416 g/mol. The zero-order valence-electron chi connectivity index (χ0n) is 17.4. The molecule has 1 aromatic carbocycles. The van der Waals surface area contributed by atoms with Crippen molar-refractivity contribution in [3.8, 4) is 17.1 Å². The fourth-order valence-corrected chi connectivity index (χ4v) is 5.29. The molecule has 2 bridgehead atoms. The topological polar surface area (TPSA) is 78.5 Å². The zero-order valence-corrected chi connectivity index (χ0v) is 18.2. The SMILES string of the molecule is COc1cc(N2CCOCC2)ccc1-c1nc2c(N3C[C@@H]4C[C@H]3CN4)c(Cl)cnc2[nH]1. The van der Waals surface area contributed by atoms with Crippen LogP contribution in [0.5, 0.6) is 5.75 Å². The van der Waals surface area contributed by atoms with Crippen LogP contribution in [-0.2, 0) is 4.74 Å². The largest absolute Gasteiger partial charge is 0.496 e. The van der Waals surface area contributed by atoms with Crippen LogP contribution in [-0.4, -0.2) is 73.5 Å². The van der Waals surface area contributed by atoms with Crippen LogP contribution in [0.25, 0.3) is 22.6 Å². The van der Waals surface area contributed by atoms with Crippen molar-refractivity contribution in [1.82, 2.24) is 20.3 Å². The van der Waals surface area contributed by atoms with Crippen LogP contribution in [0.15, 0.2) is 24.4 Å². The number of benzene rings is 1. The van der Waals surface area contributed by atoms with Gasteiger partial charge in [0.1, 0.15) is 17.1 Å². The van der Waals surface area contributed by atoms with Crippen molar-refractivity contribution in [2.45, 2.75) is 18.5 Å². The molecule has 0 saturated carbocycles. The van der Waals surface area contributed by atoms with E-state index in [9.17, 15) is 0 Å². The third-order valence-electron chi connectivity index (χ3n) is 6.60. The number of aromatic amines is 1. The van der Waals surface area contributed by atoms with E-state index in [0.717, 1.165) is 85.5 Å². The van der Waals surface area contributed by atoms with Gasteiger partial charge in [-0.25, -0.2) is 9.97 Å². The number of anilines is 2. The van der Waals surface area contributed by atoms with E-state index in [-0.39, 0.29) is 0 Å².